The van der Waals surface area contributed by atoms with E-state index in [0.29, 0.717) is 0 Å². The SMILES string of the molecule is Cc1ccc(C2(c3ccc4sc(-c5ccc(CN6CC(C=O)C6)cc5C)cc4c3)CC2)s1. The third-order valence-electron chi connectivity index (χ3n) is 7.17. The van der Waals surface area contributed by atoms with Crippen LogP contribution in [0.3, 0.4) is 0 Å². The van der Waals surface area contributed by atoms with Crippen LogP contribution in [0.5, 0.6) is 0 Å². The first-order chi connectivity index (χ1) is 15.5. The summed E-state index contributed by atoms with van der Waals surface area (Å²) in [4.78, 5) is 17.5. The van der Waals surface area contributed by atoms with Gasteiger partial charge < -0.3 is 4.79 Å². The zero-order valence-electron chi connectivity index (χ0n) is 18.6. The molecule has 3 heterocycles. The molecule has 0 bridgehead atoms. The van der Waals surface area contributed by atoms with Gasteiger partial charge in [0.05, 0.1) is 0 Å². The van der Waals surface area contributed by atoms with Gasteiger partial charge in [0.1, 0.15) is 6.29 Å². The molecule has 1 saturated carbocycles. The normalized spacial score (nSPS) is 18.1. The van der Waals surface area contributed by atoms with Crippen LogP contribution < -0.4 is 0 Å². The molecule has 2 aromatic carbocycles. The van der Waals surface area contributed by atoms with Crippen molar-refractivity contribution in [1.29, 1.82) is 0 Å². The maximum Gasteiger partial charge on any atom is 0.125 e. The lowest BCUT2D eigenvalue weighted by Crippen LogP contribution is -2.46. The Labute approximate surface area is 197 Å². The van der Waals surface area contributed by atoms with Gasteiger partial charge in [-0.25, -0.2) is 0 Å². The summed E-state index contributed by atoms with van der Waals surface area (Å²) in [6.45, 7) is 7.16. The Bertz CT molecular complexity index is 1320. The van der Waals surface area contributed by atoms with Crippen molar-refractivity contribution in [3.63, 3.8) is 0 Å². The van der Waals surface area contributed by atoms with Crippen LogP contribution in [-0.4, -0.2) is 24.3 Å². The molecule has 0 N–H and O–H groups in total. The van der Waals surface area contributed by atoms with Crippen LogP contribution in [0.4, 0.5) is 0 Å². The predicted octanol–water partition coefficient (Wildman–Crippen LogP) is 6.96. The Morgan fingerprint density at radius 1 is 1.00 bits per heavy atom. The van der Waals surface area contributed by atoms with Gasteiger partial charge in [0.15, 0.2) is 0 Å². The topological polar surface area (TPSA) is 20.3 Å². The van der Waals surface area contributed by atoms with Gasteiger partial charge in [0.25, 0.3) is 0 Å². The van der Waals surface area contributed by atoms with Crippen LogP contribution in [0.1, 0.15) is 39.3 Å². The van der Waals surface area contributed by atoms with Gasteiger partial charge in [-0.2, -0.15) is 0 Å². The Kier molecular flexibility index (Phi) is 4.87. The van der Waals surface area contributed by atoms with Crippen molar-refractivity contribution in [3.8, 4) is 10.4 Å². The highest BCUT2D eigenvalue weighted by molar-refractivity contribution is 7.22. The number of hydrogen-bond acceptors (Lipinski definition) is 4. The first-order valence-electron chi connectivity index (χ1n) is 11.4. The molecule has 162 valence electrons. The van der Waals surface area contributed by atoms with Crippen LogP contribution in [0.25, 0.3) is 20.5 Å². The molecule has 0 unspecified atom stereocenters. The summed E-state index contributed by atoms with van der Waals surface area (Å²) < 4.78 is 1.37. The fourth-order valence-corrected chi connectivity index (χ4v) is 7.42. The fourth-order valence-electron chi connectivity index (χ4n) is 5.15. The second kappa shape index (κ2) is 7.65. The number of benzene rings is 2. The quantitative estimate of drug-likeness (QED) is 0.292. The first kappa shape index (κ1) is 20.3. The summed E-state index contributed by atoms with van der Waals surface area (Å²) in [5.41, 5.74) is 5.73. The van der Waals surface area contributed by atoms with Crippen molar-refractivity contribution in [2.24, 2.45) is 5.92 Å². The largest absolute Gasteiger partial charge is 0.303 e. The van der Waals surface area contributed by atoms with Crippen LogP contribution >= 0.6 is 22.7 Å². The summed E-state index contributed by atoms with van der Waals surface area (Å²) in [6, 6.07) is 21.0. The fraction of sp³-hybridized carbons (Fsp3) is 0.321. The lowest BCUT2D eigenvalue weighted by molar-refractivity contribution is -0.115. The molecule has 2 aliphatic rings. The van der Waals surface area contributed by atoms with Crippen molar-refractivity contribution in [2.45, 2.75) is 38.6 Å². The average molecular weight is 458 g/mol. The van der Waals surface area contributed by atoms with Crippen molar-refractivity contribution in [3.05, 3.63) is 81.0 Å². The van der Waals surface area contributed by atoms with Crippen molar-refractivity contribution >= 4 is 39.0 Å². The van der Waals surface area contributed by atoms with E-state index in [1.54, 1.807) is 0 Å². The van der Waals surface area contributed by atoms with E-state index in [2.05, 4.69) is 73.3 Å². The van der Waals surface area contributed by atoms with Crippen molar-refractivity contribution in [1.82, 2.24) is 4.90 Å². The van der Waals surface area contributed by atoms with Gasteiger partial charge in [-0.15, -0.1) is 22.7 Å². The number of carbonyl (C=O) groups is 1. The number of aldehydes is 1. The molecule has 2 fully saturated rings. The summed E-state index contributed by atoms with van der Waals surface area (Å²) in [5.74, 6) is 0.234. The monoisotopic (exact) mass is 457 g/mol. The Morgan fingerprint density at radius 3 is 2.53 bits per heavy atom. The Balaban J connectivity index is 1.27. The third kappa shape index (κ3) is 3.45. The van der Waals surface area contributed by atoms with Crippen LogP contribution in [0, 0.1) is 19.8 Å². The number of rotatable bonds is 6. The molecule has 2 nitrogen and oxygen atoms in total. The van der Waals surface area contributed by atoms with Crippen molar-refractivity contribution < 1.29 is 4.79 Å². The molecule has 1 aliphatic heterocycles. The van der Waals surface area contributed by atoms with Gasteiger partial charge in [0, 0.05) is 50.3 Å². The molecular weight excluding hydrogens is 430 g/mol. The van der Waals surface area contributed by atoms with E-state index < -0.39 is 0 Å². The number of aryl methyl sites for hydroxylation is 2. The molecule has 0 spiro atoms. The maximum absolute atomic E-state index is 10.8. The van der Waals surface area contributed by atoms with E-state index in [1.165, 1.54) is 59.8 Å². The number of carbonyl (C=O) groups excluding carboxylic acids is 1. The van der Waals surface area contributed by atoms with E-state index in [0.717, 1.165) is 25.9 Å². The number of nitrogens with zero attached hydrogens (tertiary/aromatic N) is 1. The molecule has 0 amide bonds. The molecule has 6 rings (SSSR count). The molecule has 1 saturated heterocycles. The molecule has 2 aromatic heterocycles. The number of likely N-dealkylation sites (tertiary alicyclic amines) is 1. The Hall–Kier alpha value is -2.27. The lowest BCUT2D eigenvalue weighted by Gasteiger charge is -2.36. The minimum atomic E-state index is 0.234. The first-order valence-corrected chi connectivity index (χ1v) is 13.1. The van der Waals surface area contributed by atoms with E-state index in [-0.39, 0.29) is 11.3 Å². The highest BCUT2D eigenvalue weighted by Gasteiger charge is 2.46. The van der Waals surface area contributed by atoms with Crippen LogP contribution in [0.2, 0.25) is 0 Å². The highest BCUT2D eigenvalue weighted by atomic mass is 32.1. The van der Waals surface area contributed by atoms with Gasteiger partial charge >= 0.3 is 0 Å². The molecule has 4 aromatic rings. The summed E-state index contributed by atoms with van der Waals surface area (Å²) in [6.07, 6.45) is 3.62. The van der Waals surface area contributed by atoms with Gasteiger partial charge in [-0.05, 0) is 84.7 Å². The van der Waals surface area contributed by atoms with E-state index >= 15 is 0 Å². The number of thiophene rings is 2. The minimum Gasteiger partial charge on any atom is -0.303 e. The third-order valence-corrected chi connectivity index (χ3v) is 9.53. The van der Waals surface area contributed by atoms with Crippen LogP contribution in [0.15, 0.2) is 54.6 Å². The summed E-state index contributed by atoms with van der Waals surface area (Å²) >= 11 is 3.85. The molecular formula is C28H27NOS2. The molecule has 0 radical (unpaired) electrons. The summed E-state index contributed by atoms with van der Waals surface area (Å²) in [7, 11) is 0. The Morgan fingerprint density at radius 2 is 1.84 bits per heavy atom. The second-order valence-corrected chi connectivity index (χ2v) is 12.0. The lowest BCUT2D eigenvalue weighted by atomic mass is 9.93. The smallest absolute Gasteiger partial charge is 0.125 e. The molecule has 32 heavy (non-hydrogen) atoms. The number of hydrogen-bond donors (Lipinski definition) is 0. The van der Waals surface area contributed by atoms with Gasteiger partial charge in [0.2, 0.25) is 0 Å². The standard InChI is InChI=1S/C28H27NOS2/c1-18-11-20(14-29-15-21(16-29)17-30)4-6-24(18)26-13-22-12-23(5-7-25(22)32-26)28(9-10-28)27-8-3-19(2)31-27/h3-8,11-13,17,21H,9-10,14-16H2,1-2H3. The maximum atomic E-state index is 10.8. The average Bonchev–Trinajstić information content (AvgIpc) is 3.26. The predicted molar refractivity (Wildman–Crippen MR) is 136 cm³/mol. The van der Waals surface area contributed by atoms with Crippen LogP contribution in [-0.2, 0) is 16.8 Å². The molecule has 4 heteroatoms. The van der Waals surface area contributed by atoms with Gasteiger partial charge in [-0.3, -0.25) is 4.90 Å². The van der Waals surface area contributed by atoms with Gasteiger partial charge in [-0.1, -0.05) is 24.3 Å². The van der Waals surface area contributed by atoms with E-state index in [1.807, 2.05) is 22.7 Å². The van der Waals surface area contributed by atoms with E-state index in [4.69, 9.17) is 0 Å². The minimum absolute atomic E-state index is 0.234. The zero-order chi connectivity index (χ0) is 21.9. The number of fused-ring (bicyclic) bond motifs is 1. The summed E-state index contributed by atoms with van der Waals surface area (Å²) in [5, 5.41) is 1.37. The van der Waals surface area contributed by atoms with E-state index in [9.17, 15) is 4.79 Å². The second-order valence-electron chi connectivity index (χ2n) is 9.60. The van der Waals surface area contributed by atoms with Crippen molar-refractivity contribution in [2.75, 3.05) is 13.1 Å². The molecule has 1 aliphatic carbocycles. The highest BCUT2D eigenvalue weighted by Crippen LogP contribution is 2.56. The zero-order valence-corrected chi connectivity index (χ0v) is 20.2. The molecule has 0 atom stereocenters.